The van der Waals surface area contributed by atoms with Crippen molar-refractivity contribution in [3.63, 3.8) is 0 Å². The summed E-state index contributed by atoms with van der Waals surface area (Å²) in [5.41, 5.74) is 5.79. The first-order chi connectivity index (χ1) is 9.94. The standard InChI is InChI=1S/C13H16F3N3O2/c14-13(15,16)21-11-4-2-1-3-10(11)19-12(17)18-7-9-5-6-20-8-9/h1-4,9H,5-8H2,(H3,17,18,19). The molecule has 1 aliphatic rings. The molecule has 1 saturated heterocycles. The van der Waals surface area contributed by atoms with Crippen molar-refractivity contribution in [2.75, 3.05) is 25.1 Å². The van der Waals surface area contributed by atoms with E-state index in [2.05, 4.69) is 15.0 Å². The molecule has 116 valence electrons. The molecule has 0 saturated carbocycles. The van der Waals surface area contributed by atoms with Crippen molar-refractivity contribution >= 4 is 11.6 Å². The van der Waals surface area contributed by atoms with Crippen LogP contribution in [0.25, 0.3) is 0 Å². The largest absolute Gasteiger partial charge is 0.573 e. The number of para-hydroxylation sites is 2. The third kappa shape index (κ3) is 5.14. The summed E-state index contributed by atoms with van der Waals surface area (Å²) < 4.78 is 46.0. The van der Waals surface area contributed by atoms with Gasteiger partial charge in [0.2, 0.25) is 0 Å². The topological polar surface area (TPSA) is 68.9 Å². The van der Waals surface area contributed by atoms with Gasteiger partial charge in [-0.3, -0.25) is 4.99 Å². The summed E-state index contributed by atoms with van der Waals surface area (Å²) >= 11 is 0. The van der Waals surface area contributed by atoms with Crippen LogP contribution in [0.4, 0.5) is 18.9 Å². The van der Waals surface area contributed by atoms with Crippen LogP contribution in [0.2, 0.25) is 0 Å². The SMILES string of the molecule is NC(=NCC1CCOC1)Nc1ccccc1OC(F)(F)F. The fraction of sp³-hybridized carbons (Fsp3) is 0.462. The third-order valence-electron chi connectivity index (χ3n) is 2.92. The molecule has 0 aromatic heterocycles. The van der Waals surface area contributed by atoms with E-state index in [0.717, 1.165) is 6.42 Å². The lowest BCUT2D eigenvalue weighted by atomic mass is 10.1. The van der Waals surface area contributed by atoms with Crippen molar-refractivity contribution in [2.45, 2.75) is 12.8 Å². The first kappa shape index (κ1) is 15.4. The number of alkyl halides is 3. The number of guanidine groups is 1. The van der Waals surface area contributed by atoms with Crippen LogP contribution in [0.15, 0.2) is 29.3 Å². The van der Waals surface area contributed by atoms with Crippen LogP contribution < -0.4 is 15.8 Å². The number of nitrogens with two attached hydrogens (primary N) is 1. The minimum atomic E-state index is -4.76. The van der Waals surface area contributed by atoms with Crippen molar-refractivity contribution in [2.24, 2.45) is 16.6 Å². The summed E-state index contributed by atoms with van der Waals surface area (Å²) in [4.78, 5) is 4.11. The highest BCUT2D eigenvalue weighted by molar-refractivity contribution is 5.93. The Morgan fingerprint density at radius 2 is 2.19 bits per heavy atom. The highest BCUT2D eigenvalue weighted by Gasteiger charge is 2.32. The molecule has 1 aromatic carbocycles. The van der Waals surface area contributed by atoms with Gasteiger partial charge in [0.15, 0.2) is 11.7 Å². The molecule has 21 heavy (non-hydrogen) atoms. The fourth-order valence-electron chi connectivity index (χ4n) is 1.92. The average molecular weight is 303 g/mol. The molecular formula is C13H16F3N3O2. The monoisotopic (exact) mass is 303 g/mol. The third-order valence-corrected chi connectivity index (χ3v) is 2.92. The molecule has 0 spiro atoms. The number of nitrogens with one attached hydrogen (secondary N) is 1. The zero-order valence-corrected chi connectivity index (χ0v) is 11.2. The van der Waals surface area contributed by atoms with E-state index in [1.807, 2.05) is 0 Å². The number of hydrogen-bond acceptors (Lipinski definition) is 3. The van der Waals surface area contributed by atoms with E-state index in [9.17, 15) is 13.2 Å². The van der Waals surface area contributed by atoms with Gasteiger partial charge in [-0.2, -0.15) is 0 Å². The Kier molecular flexibility index (Phi) is 4.89. The van der Waals surface area contributed by atoms with Crippen LogP contribution in [0.1, 0.15) is 6.42 Å². The average Bonchev–Trinajstić information content (AvgIpc) is 2.90. The van der Waals surface area contributed by atoms with E-state index in [-0.39, 0.29) is 17.4 Å². The minimum Gasteiger partial charge on any atom is -0.404 e. The van der Waals surface area contributed by atoms with E-state index in [0.29, 0.717) is 25.7 Å². The maximum atomic E-state index is 12.3. The van der Waals surface area contributed by atoms with Crippen molar-refractivity contribution in [1.29, 1.82) is 0 Å². The van der Waals surface area contributed by atoms with Crippen molar-refractivity contribution in [3.8, 4) is 5.75 Å². The number of ether oxygens (including phenoxy) is 2. The van der Waals surface area contributed by atoms with Crippen LogP contribution in [0.5, 0.6) is 5.75 Å². The smallest absolute Gasteiger partial charge is 0.404 e. The van der Waals surface area contributed by atoms with E-state index in [1.165, 1.54) is 18.2 Å². The Morgan fingerprint density at radius 3 is 2.86 bits per heavy atom. The van der Waals surface area contributed by atoms with Crippen LogP contribution in [0.3, 0.4) is 0 Å². The van der Waals surface area contributed by atoms with Gasteiger partial charge in [-0.1, -0.05) is 12.1 Å². The lowest BCUT2D eigenvalue weighted by Crippen LogP contribution is -2.25. The fourth-order valence-corrected chi connectivity index (χ4v) is 1.92. The predicted octanol–water partition coefficient (Wildman–Crippen LogP) is 2.35. The molecule has 3 N–H and O–H groups in total. The van der Waals surface area contributed by atoms with Gasteiger partial charge in [0, 0.05) is 19.1 Å². The normalized spacial score (nSPS) is 19.6. The summed E-state index contributed by atoms with van der Waals surface area (Å²) in [6, 6.07) is 5.65. The number of aliphatic imine (C=N–C) groups is 1. The highest BCUT2D eigenvalue weighted by Crippen LogP contribution is 2.29. The van der Waals surface area contributed by atoms with Gasteiger partial charge in [-0.15, -0.1) is 13.2 Å². The first-order valence-corrected chi connectivity index (χ1v) is 6.43. The van der Waals surface area contributed by atoms with Crippen LogP contribution >= 0.6 is 0 Å². The Morgan fingerprint density at radius 1 is 1.43 bits per heavy atom. The first-order valence-electron chi connectivity index (χ1n) is 6.43. The van der Waals surface area contributed by atoms with Gasteiger partial charge in [0.1, 0.15) is 0 Å². The maximum absolute atomic E-state index is 12.3. The molecule has 0 radical (unpaired) electrons. The molecule has 1 atom stereocenters. The van der Waals surface area contributed by atoms with Gasteiger partial charge in [-0.25, -0.2) is 0 Å². The Balaban J connectivity index is 1.99. The zero-order valence-electron chi connectivity index (χ0n) is 11.2. The lowest BCUT2D eigenvalue weighted by molar-refractivity contribution is -0.274. The summed E-state index contributed by atoms with van der Waals surface area (Å²) in [6.07, 6.45) is -3.85. The predicted molar refractivity (Wildman–Crippen MR) is 72.2 cm³/mol. The molecule has 1 fully saturated rings. The van der Waals surface area contributed by atoms with Crippen LogP contribution in [-0.2, 0) is 4.74 Å². The summed E-state index contributed by atoms with van der Waals surface area (Å²) in [7, 11) is 0. The van der Waals surface area contributed by atoms with E-state index in [1.54, 1.807) is 6.07 Å². The van der Waals surface area contributed by atoms with E-state index >= 15 is 0 Å². The zero-order chi connectivity index (χ0) is 15.3. The number of nitrogens with zero attached hydrogens (tertiary/aromatic N) is 1. The second kappa shape index (κ2) is 6.66. The van der Waals surface area contributed by atoms with Crippen molar-refractivity contribution in [3.05, 3.63) is 24.3 Å². The Labute approximate surface area is 119 Å². The highest BCUT2D eigenvalue weighted by atomic mass is 19.4. The van der Waals surface area contributed by atoms with E-state index in [4.69, 9.17) is 10.5 Å². The molecule has 1 unspecified atom stereocenters. The van der Waals surface area contributed by atoms with Crippen molar-refractivity contribution in [1.82, 2.24) is 0 Å². The molecule has 5 nitrogen and oxygen atoms in total. The number of anilines is 1. The maximum Gasteiger partial charge on any atom is 0.573 e. The molecule has 1 heterocycles. The molecule has 8 heteroatoms. The number of hydrogen-bond donors (Lipinski definition) is 2. The van der Waals surface area contributed by atoms with Crippen molar-refractivity contribution < 1.29 is 22.6 Å². The Hall–Kier alpha value is -1.96. The van der Waals surface area contributed by atoms with Gasteiger partial charge in [-0.05, 0) is 18.6 Å². The quantitative estimate of drug-likeness (QED) is 0.662. The van der Waals surface area contributed by atoms with Gasteiger partial charge < -0.3 is 20.5 Å². The number of benzene rings is 1. The van der Waals surface area contributed by atoms with Gasteiger partial charge >= 0.3 is 6.36 Å². The molecule has 0 bridgehead atoms. The van der Waals surface area contributed by atoms with Gasteiger partial charge in [0.05, 0.1) is 12.3 Å². The van der Waals surface area contributed by atoms with Gasteiger partial charge in [0.25, 0.3) is 0 Å². The molecule has 1 aromatic rings. The molecular weight excluding hydrogens is 287 g/mol. The lowest BCUT2D eigenvalue weighted by Gasteiger charge is -2.14. The summed E-state index contributed by atoms with van der Waals surface area (Å²) in [6.45, 7) is 1.81. The second-order valence-corrected chi connectivity index (χ2v) is 4.62. The molecule has 1 aliphatic heterocycles. The summed E-state index contributed by atoms with van der Waals surface area (Å²) in [5, 5.41) is 2.62. The number of rotatable bonds is 4. The van der Waals surface area contributed by atoms with Crippen LogP contribution in [0, 0.1) is 5.92 Å². The molecule has 0 aliphatic carbocycles. The summed E-state index contributed by atoms with van der Waals surface area (Å²) in [5.74, 6) is -0.0144. The second-order valence-electron chi connectivity index (χ2n) is 4.62. The Bertz CT molecular complexity index is 500. The minimum absolute atomic E-state index is 0.0418. The molecule has 0 amide bonds. The van der Waals surface area contributed by atoms with Crippen LogP contribution in [-0.4, -0.2) is 32.1 Å². The van der Waals surface area contributed by atoms with E-state index < -0.39 is 6.36 Å². The molecule has 2 rings (SSSR count). The number of halogens is 3.